The highest BCUT2D eigenvalue weighted by molar-refractivity contribution is 5.90. The summed E-state index contributed by atoms with van der Waals surface area (Å²) >= 11 is 0. The molecule has 1 atom stereocenters. The van der Waals surface area contributed by atoms with Crippen molar-refractivity contribution in [3.63, 3.8) is 0 Å². The zero-order valence-corrected chi connectivity index (χ0v) is 11.4. The molecule has 1 unspecified atom stereocenters. The van der Waals surface area contributed by atoms with Crippen LogP contribution in [0, 0.1) is 5.82 Å². The van der Waals surface area contributed by atoms with Crippen molar-refractivity contribution in [1.82, 2.24) is 0 Å². The van der Waals surface area contributed by atoms with Crippen LogP contribution in [0.15, 0.2) is 53.5 Å². The highest BCUT2D eigenvalue weighted by Crippen LogP contribution is 2.25. The van der Waals surface area contributed by atoms with E-state index in [0.717, 1.165) is 23.1 Å². The summed E-state index contributed by atoms with van der Waals surface area (Å²) < 4.78 is 13.4. The minimum atomic E-state index is -0.340. The lowest BCUT2D eigenvalue weighted by molar-refractivity contribution is -0.108. The number of hydrogen-bond acceptors (Lipinski definition) is 3. The molecule has 2 aromatic rings. The van der Waals surface area contributed by atoms with Gasteiger partial charge >= 0.3 is 0 Å². The molecule has 3 nitrogen and oxygen atoms in total. The summed E-state index contributed by atoms with van der Waals surface area (Å²) in [5, 5.41) is 0. The minimum Gasteiger partial charge on any atom is -0.355 e. The van der Waals surface area contributed by atoms with E-state index in [4.69, 9.17) is 0 Å². The molecular weight excluding hydrogens is 267 g/mol. The van der Waals surface area contributed by atoms with Crippen molar-refractivity contribution in [3.05, 3.63) is 65.5 Å². The Kier molecular flexibility index (Phi) is 3.77. The summed E-state index contributed by atoms with van der Waals surface area (Å²) in [5.74, 6) is -0.269. The summed E-state index contributed by atoms with van der Waals surface area (Å²) in [6.45, 7) is 0.884. The first kappa shape index (κ1) is 13.5. The molecule has 21 heavy (non-hydrogen) atoms. The first-order valence-electron chi connectivity index (χ1n) is 6.83. The zero-order valence-electron chi connectivity index (χ0n) is 11.4. The van der Waals surface area contributed by atoms with Crippen LogP contribution in [0.2, 0.25) is 0 Å². The Morgan fingerprint density at radius 3 is 2.90 bits per heavy atom. The summed E-state index contributed by atoms with van der Waals surface area (Å²) in [5.41, 5.74) is 2.75. The first-order valence-corrected chi connectivity index (χ1v) is 6.83. The fraction of sp³-hybridized carbons (Fsp3) is 0.176. The van der Waals surface area contributed by atoms with E-state index in [1.165, 1.54) is 12.1 Å². The Morgan fingerprint density at radius 1 is 1.24 bits per heavy atom. The largest absolute Gasteiger partial charge is 0.355 e. The second-order valence-corrected chi connectivity index (χ2v) is 5.01. The molecule has 1 aliphatic heterocycles. The molecule has 106 valence electrons. The Bertz CT molecular complexity index is 684. The van der Waals surface area contributed by atoms with Crippen LogP contribution in [0.1, 0.15) is 11.1 Å². The lowest BCUT2D eigenvalue weighted by atomic mass is 10.1. The molecule has 1 aliphatic rings. The number of aliphatic imine (C=N–C) groups is 1. The molecule has 0 radical (unpaired) electrons. The lowest BCUT2D eigenvalue weighted by Crippen LogP contribution is -2.38. The van der Waals surface area contributed by atoms with Gasteiger partial charge in [-0.1, -0.05) is 30.3 Å². The maximum absolute atomic E-state index is 13.4. The lowest BCUT2D eigenvalue weighted by Gasteiger charge is -2.29. The fourth-order valence-electron chi connectivity index (χ4n) is 2.55. The quantitative estimate of drug-likeness (QED) is 0.811. The van der Waals surface area contributed by atoms with Gasteiger partial charge in [-0.2, -0.15) is 0 Å². The van der Waals surface area contributed by atoms with Crippen molar-refractivity contribution in [2.24, 2.45) is 4.99 Å². The molecule has 0 spiro atoms. The summed E-state index contributed by atoms with van der Waals surface area (Å²) in [6.07, 6.45) is 2.69. The molecule has 4 heteroatoms. The maximum Gasteiger partial charge on any atom is 0.144 e. The number of anilines is 1. The molecule has 0 aliphatic carbocycles. The summed E-state index contributed by atoms with van der Waals surface area (Å²) in [6, 6.07) is 13.9. The van der Waals surface area contributed by atoms with Crippen LogP contribution in [0.4, 0.5) is 10.1 Å². The van der Waals surface area contributed by atoms with Gasteiger partial charge in [0.15, 0.2) is 0 Å². The van der Waals surface area contributed by atoms with E-state index < -0.39 is 0 Å². The van der Waals surface area contributed by atoms with Crippen LogP contribution < -0.4 is 4.90 Å². The predicted octanol–water partition coefficient (Wildman–Crippen LogP) is 2.83. The van der Waals surface area contributed by atoms with Crippen LogP contribution in [-0.2, 0) is 11.3 Å². The third kappa shape index (κ3) is 2.84. The maximum atomic E-state index is 13.4. The van der Waals surface area contributed by atoms with Gasteiger partial charge in [0.2, 0.25) is 0 Å². The van der Waals surface area contributed by atoms with E-state index in [0.29, 0.717) is 13.1 Å². The second-order valence-electron chi connectivity index (χ2n) is 5.01. The van der Waals surface area contributed by atoms with Crippen molar-refractivity contribution in [2.45, 2.75) is 12.6 Å². The van der Waals surface area contributed by atoms with Gasteiger partial charge in [0.25, 0.3) is 0 Å². The third-order valence-corrected chi connectivity index (χ3v) is 3.57. The van der Waals surface area contributed by atoms with Gasteiger partial charge < -0.3 is 9.69 Å². The van der Waals surface area contributed by atoms with Crippen LogP contribution in [0.25, 0.3) is 0 Å². The minimum absolute atomic E-state index is 0.269. The molecular formula is C17H15FN2O. The molecule has 0 fully saturated rings. The number of carbonyl (C=O) groups is 1. The first-order chi connectivity index (χ1) is 10.3. The van der Waals surface area contributed by atoms with E-state index in [-0.39, 0.29) is 11.9 Å². The predicted molar refractivity (Wildman–Crippen MR) is 81.3 cm³/mol. The monoisotopic (exact) mass is 282 g/mol. The normalized spacial score (nSPS) is 17.2. The number of nitrogens with zero attached hydrogens (tertiary/aromatic N) is 2. The van der Waals surface area contributed by atoms with Gasteiger partial charge in [0, 0.05) is 24.0 Å². The van der Waals surface area contributed by atoms with E-state index in [1.807, 2.05) is 35.2 Å². The number of hydrogen-bond donors (Lipinski definition) is 0. The molecule has 0 amide bonds. The number of aldehydes is 1. The molecule has 0 aromatic heterocycles. The molecule has 0 saturated carbocycles. The summed E-state index contributed by atoms with van der Waals surface area (Å²) in [4.78, 5) is 17.7. The van der Waals surface area contributed by atoms with Crippen LogP contribution >= 0.6 is 0 Å². The number of benzene rings is 2. The van der Waals surface area contributed by atoms with Gasteiger partial charge in [-0.05, 0) is 23.8 Å². The van der Waals surface area contributed by atoms with E-state index >= 15 is 0 Å². The highest BCUT2D eigenvalue weighted by atomic mass is 19.1. The Balaban J connectivity index is 1.99. The number of benzodiazepines with no additional fused rings is 1. The molecule has 0 saturated heterocycles. The van der Waals surface area contributed by atoms with Crippen molar-refractivity contribution < 1.29 is 9.18 Å². The number of halogens is 1. The topological polar surface area (TPSA) is 32.7 Å². The highest BCUT2D eigenvalue weighted by Gasteiger charge is 2.22. The Morgan fingerprint density at radius 2 is 2.10 bits per heavy atom. The smallest absolute Gasteiger partial charge is 0.144 e. The van der Waals surface area contributed by atoms with E-state index in [1.54, 1.807) is 12.3 Å². The van der Waals surface area contributed by atoms with Gasteiger partial charge in [-0.3, -0.25) is 4.99 Å². The van der Waals surface area contributed by atoms with Crippen LogP contribution in [-0.4, -0.2) is 25.1 Å². The Labute approximate surface area is 122 Å². The van der Waals surface area contributed by atoms with Crippen molar-refractivity contribution in [1.29, 1.82) is 0 Å². The number of fused-ring (bicyclic) bond motifs is 1. The molecule has 3 rings (SSSR count). The average Bonchev–Trinajstić information content (AvgIpc) is 2.67. The number of para-hydroxylation sites is 1. The van der Waals surface area contributed by atoms with Gasteiger partial charge in [0.05, 0.1) is 6.54 Å². The van der Waals surface area contributed by atoms with Crippen LogP contribution in [0.3, 0.4) is 0 Å². The van der Waals surface area contributed by atoms with Crippen molar-refractivity contribution >= 4 is 18.2 Å². The van der Waals surface area contributed by atoms with Crippen molar-refractivity contribution in [3.8, 4) is 0 Å². The average molecular weight is 282 g/mol. The molecule has 0 bridgehead atoms. The van der Waals surface area contributed by atoms with E-state index in [9.17, 15) is 9.18 Å². The molecule has 1 heterocycles. The van der Waals surface area contributed by atoms with Crippen LogP contribution in [0.5, 0.6) is 0 Å². The summed E-state index contributed by atoms with van der Waals surface area (Å²) in [7, 11) is 0. The second kappa shape index (κ2) is 5.87. The van der Waals surface area contributed by atoms with Gasteiger partial charge in [-0.25, -0.2) is 4.39 Å². The van der Waals surface area contributed by atoms with Gasteiger partial charge in [0.1, 0.15) is 18.1 Å². The van der Waals surface area contributed by atoms with Gasteiger partial charge in [-0.15, -0.1) is 0 Å². The third-order valence-electron chi connectivity index (χ3n) is 3.57. The Hall–Kier alpha value is -2.49. The van der Waals surface area contributed by atoms with Crippen molar-refractivity contribution in [2.75, 3.05) is 11.4 Å². The standard InChI is InChI=1S/C17H15FN2O/c18-15-6-3-4-13(8-15)11-20-16(12-21)10-19-9-14-5-1-2-7-17(14)20/h1-9,12,16H,10-11H2. The SMILES string of the molecule is O=CC1CN=Cc2ccccc2N1Cc1cccc(F)c1. The van der Waals surface area contributed by atoms with E-state index in [2.05, 4.69) is 4.99 Å². The number of carbonyl (C=O) groups excluding carboxylic acids is 1. The zero-order chi connectivity index (χ0) is 14.7. The molecule has 2 aromatic carbocycles. The fourth-order valence-corrected chi connectivity index (χ4v) is 2.55. The molecule has 0 N–H and O–H groups in total. The number of rotatable bonds is 3.